The van der Waals surface area contributed by atoms with E-state index < -0.39 is 27.4 Å². The number of pyridine rings is 1. The number of H-pyrrole nitrogens is 1. The number of likely N-dealkylation sites (tertiary alicyclic amines) is 2. The Balaban J connectivity index is 0.795. The predicted octanol–water partition coefficient (Wildman–Crippen LogP) is 10.3. The molecule has 6 aromatic rings. The number of hydrogen-bond donors (Lipinski definition) is 5. The zero-order valence-electron chi connectivity index (χ0n) is 49.2. The second kappa shape index (κ2) is 23.3. The minimum absolute atomic E-state index is 0.0250. The van der Waals surface area contributed by atoms with E-state index in [-0.39, 0.29) is 74.0 Å². The summed E-state index contributed by atoms with van der Waals surface area (Å²) < 4.78 is 64.7. The number of carbonyl (C=O) groups excluding carboxylic acids is 1. The molecule has 6 aliphatic rings. The molecule has 3 aliphatic heterocycles. The molecule has 12 rings (SSSR count). The predicted molar refractivity (Wildman–Crippen MR) is 323 cm³/mol. The maximum atomic E-state index is 15.2. The lowest BCUT2D eigenvalue weighted by Gasteiger charge is -2.61. The van der Waals surface area contributed by atoms with E-state index in [2.05, 4.69) is 102 Å². The highest BCUT2D eigenvalue weighted by Crippen LogP contribution is 2.56. The van der Waals surface area contributed by atoms with Gasteiger partial charge < -0.3 is 44.8 Å². The lowest BCUT2D eigenvalue weighted by molar-refractivity contribution is -0.750. The number of fused-ring (bicyclic) bond motifs is 4. The number of hydrogen-bond acceptors (Lipinski definition) is 14. The summed E-state index contributed by atoms with van der Waals surface area (Å²) in [4.78, 5) is 34.3. The summed E-state index contributed by atoms with van der Waals surface area (Å²) in [6, 6.07) is 26.8. The van der Waals surface area contributed by atoms with Crippen molar-refractivity contribution in [2.75, 3.05) is 63.7 Å². The number of halogens is 1. The molecule has 19 heteroatoms. The number of imidazole rings is 1. The summed E-state index contributed by atoms with van der Waals surface area (Å²) in [5, 5.41) is 26.8. The Morgan fingerprint density at radius 3 is 2.46 bits per heavy atom. The van der Waals surface area contributed by atoms with Crippen molar-refractivity contribution in [3.8, 4) is 23.1 Å². The molecule has 3 saturated heterocycles. The van der Waals surface area contributed by atoms with Gasteiger partial charge in [-0.25, -0.2) is 27.5 Å². The molecule has 2 saturated carbocycles. The Kier molecular flexibility index (Phi) is 16.1. The van der Waals surface area contributed by atoms with Crippen LogP contribution in [0.15, 0.2) is 96.2 Å². The Bertz CT molecular complexity index is 3550. The number of nitrogens with zero attached hydrogens (tertiary/aromatic N) is 5. The highest BCUT2D eigenvalue weighted by Gasteiger charge is 2.53. The van der Waals surface area contributed by atoms with Crippen LogP contribution in [-0.2, 0) is 23.0 Å². The lowest BCUT2D eigenvalue weighted by Crippen LogP contribution is -2.98. The zero-order chi connectivity index (χ0) is 58.7. The van der Waals surface area contributed by atoms with Crippen LogP contribution in [0.4, 0.5) is 21.5 Å². The summed E-state index contributed by atoms with van der Waals surface area (Å²) in [6.45, 7) is 13.6. The SMILES string of the molecule is CCOc1nc2c(cc1Oc1cc(N3CCC4(CC3)CC(N3C5CC(C[C@H]3c3ccccc3C(C)C)CN(Cc3ccc(OC)cc3)C5)C4)ccc1C(=O)NS(=O)(=O)c1cc([NH+](C)[O-])c(NCC3CCC(C)(O)CC3)c3[nH]cnc13)C(F)=CC2. The third kappa shape index (κ3) is 11.6. The van der Waals surface area contributed by atoms with E-state index in [0.717, 1.165) is 89.1 Å². The van der Waals surface area contributed by atoms with Gasteiger partial charge in [-0.3, -0.25) is 14.6 Å². The average Bonchev–Trinajstić information content (AvgIpc) is 2.25. The van der Waals surface area contributed by atoms with Gasteiger partial charge in [0.1, 0.15) is 33.4 Å². The molecule has 17 nitrogen and oxygen atoms in total. The first kappa shape index (κ1) is 57.8. The van der Waals surface area contributed by atoms with Crippen LogP contribution in [0, 0.1) is 22.5 Å². The fourth-order valence-corrected chi connectivity index (χ4v) is 15.9. The first-order valence-corrected chi connectivity index (χ1v) is 31.7. The van der Waals surface area contributed by atoms with Gasteiger partial charge in [0, 0.05) is 87.2 Å². The molecule has 0 radical (unpaired) electrons. The number of anilines is 2. The number of hydroxylamine groups is 1. The van der Waals surface area contributed by atoms with Crippen LogP contribution in [-0.4, -0.2) is 115 Å². The summed E-state index contributed by atoms with van der Waals surface area (Å²) in [5.41, 5.74) is 6.02. The second-order valence-electron chi connectivity index (χ2n) is 25.3. The van der Waals surface area contributed by atoms with E-state index in [9.17, 15) is 23.5 Å². The number of ether oxygens (including phenoxy) is 3. The average molecular weight is 1170 g/mol. The van der Waals surface area contributed by atoms with Gasteiger partial charge in [-0.05, 0) is 154 Å². The van der Waals surface area contributed by atoms with Crippen LogP contribution in [0.3, 0.4) is 0 Å². The van der Waals surface area contributed by atoms with E-state index in [4.69, 9.17) is 14.2 Å². The first-order chi connectivity index (χ1) is 40.4. The van der Waals surface area contributed by atoms with Crippen molar-refractivity contribution in [2.45, 2.75) is 139 Å². The van der Waals surface area contributed by atoms with Crippen molar-refractivity contribution >= 4 is 49.9 Å². The third-order valence-electron chi connectivity index (χ3n) is 19.2. The number of allylic oxidation sites excluding steroid dienone is 1. The van der Waals surface area contributed by atoms with Crippen LogP contribution >= 0.6 is 0 Å². The molecule has 1 spiro atoms. The van der Waals surface area contributed by atoms with Crippen molar-refractivity contribution in [3.63, 3.8) is 0 Å². The van der Waals surface area contributed by atoms with E-state index >= 15 is 4.39 Å². The number of piperidine rings is 3. The topological polar surface area (TPSA) is 202 Å². The summed E-state index contributed by atoms with van der Waals surface area (Å²) >= 11 is 0. The summed E-state index contributed by atoms with van der Waals surface area (Å²) in [6.07, 6.45) is 12.5. The highest BCUT2D eigenvalue weighted by atomic mass is 32.2. The van der Waals surface area contributed by atoms with E-state index in [1.165, 1.54) is 54.7 Å². The van der Waals surface area contributed by atoms with E-state index in [1.54, 1.807) is 26.2 Å². The molecule has 3 unspecified atom stereocenters. The number of aliphatic hydroxyl groups is 1. The van der Waals surface area contributed by atoms with Crippen molar-refractivity contribution < 1.29 is 42.0 Å². The number of methoxy groups -OCH3 is 1. The monoisotopic (exact) mass is 1170 g/mol. The highest BCUT2D eigenvalue weighted by molar-refractivity contribution is 7.90. The number of aromatic amines is 1. The van der Waals surface area contributed by atoms with Crippen LogP contribution in [0.5, 0.6) is 23.1 Å². The number of amides is 1. The van der Waals surface area contributed by atoms with Crippen molar-refractivity contribution in [3.05, 3.63) is 130 Å². The van der Waals surface area contributed by atoms with E-state index in [1.807, 2.05) is 13.0 Å². The lowest BCUT2D eigenvalue weighted by atomic mass is 9.59. The molecule has 2 bridgehead atoms. The Labute approximate surface area is 492 Å². The quantitative estimate of drug-likeness (QED) is 0.0509. The molecule has 4 atom stereocenters. The molecule has 5 N–H and O–H groups in total. The van der Waals surface area contributed by atoms with Crippen LogP contribution in [0.25, 0.3) is 16.9 Å². The molecule has 446 valence electrons. The molecule has 2 aromatic heterocycles. The normalized spacial score (nSPS) is 23.9. The van der Waals surface area contributed by atoms with Crippen LogP contribution in [0.2, 0.25) is 0 Å². The van der Waals surface area contributed by atoms with Crippen molar-refractivity contribution in [1.82, 2.24) is 29.5 Å². The van der Waals surface area contributed by atoms with Gasteiger partial charge in [-0.2, -0.15) is 0 Å². The van der Waals surface area contributed by atoms with Crippen LogP contribution < -0.4 is 34.2 Å². The van der Waals surface area contributed by atoms with Gasteiger partial charge in [-0.15, -0.1) is 0 Å². The van der Waals surface area contributed by atoms with Crippen molar-refractivity contribution in [2.24, 2.45) is 17.3 Å². The minimum atomic E-state index is -4.71. The Morgan fingerprint density at radius 2 is 1.74 bits per heavy atom. The number of nitrogens with one attached hydrogen (secondary N) is 4. The number of sulfonamides is 1. The van der Waals surface area contributed by atoms with Gasteiger partial charge in [0.2, 0.25) is 0 Å². The van der Waals surface area contributed by atoms with Gasteiger partial charge >= 0.3 is 0 Å². The number of rotatable bonds is 18. The molecule has 1 amide bonds. The molecule has 5 fully saturated rings. The summed E-state index contributed by atoms with van der Waals surface area (Å²) in [5.74, 6) is 0.910. The Morgan fingerprint density at radius 1 is 0.976 bits per heavy atom. The standard InChI is InChI=1S/C65H80FN9O8S/c1-7-82-63-57(31-51-52(66)18-19-53(51)70-63)83-56-30-44(14-17-50(56)62(76)71-84(79,80)58-32-55(72(5)78)59(61-60(58)68-39-69-61)67-35-41-20-22-64(4,77)23-21-41)74-26-24-65(25-27-74)33-46(34-65)75-45-28-43(29-54(75)49-11-9-8-10-48(49)40(2)3)37-73(38-45)36-42-12-15-47(81-6)16-13-42/h8-18,30-32,39-41,43,45-46,54,67,72,77H,7,19-29,33-38H2,1-6H3,(H,68,69)(H,71,76)/t41?,43?,45?,54-,64?/m0/s1. The van der Waals surface area contributed by atoms with Gasteiger partial charge in [0.25, 0.3) is 21.8 Å². The van der Waals surface area contributed by atoms with Crippen molar-refractivity contribution in [1.29, 1.82) is 0 Å². The largest absolute Gasteiger partial charge is 0.629 e. The fraction of sp³-hybridized carbons (Fsp3) is 0.492. The van der Waals surface area contributed by atoms with Crippen LogP contribution in [0.1, 0.15) is 142 Å². The number of aromatic nitrogens is 3. The van der Waals surface area contributed by atoms with Gasteiger partial charge in [0.05, 0.1) is 49.5 Å². The smallest absolute Gasteiger partial charge is 0.268 e. The Hall–Kier alpha value is -6.61. The molecule has 4 aromatic carbocycles. The van der Waals surface area contributed by atoms with E-state index in [0.29, 0.717) is 66.2 Å². The molecular formula is C65H80FN9O8S. The molecule has 5 heterocycles. The molecule has 3 aliphatic carbocycles. The minimum Gasteiger partial charge on any atom is -0.629 e. The molecular weight excluding hydrogens is 1090 g/mol. The number of quaternary nitrogens is 1. The maximum Gasteiger partial charge on any atom is 0.268 e. The van der Waals surface area contributed by atoms with Gasteiger partial charge in [-0.1, -0.05) is 50.2 Å². The van der Waals surface area contributed by atoms with Gasteiger partial charge in [0.15, 0.2) is 11.4 Å². The first-order valence-electron chi connectivity index (χ1n) is 30.2. The maximum absolute atomic E-state index is 15.2. The number of carbonyl (C=O) groups is 1. The number of benzene rings is 4. The zero-order valence-corrected chi connectivity index (χ0v) is 50.0. The fourth-order valence-electron chi connectivity index (χ4n) is 14.8. The molecule has 84 heavy (non-hydrogen) atoms. The third-order valence-corrected chi connectivity index (χ3v) is 20.6. The summed E-state index contributed by atoms with van der Waals surface area (Å²) in [7, 11) is -1.64. The second-order valence-corrected chi connectivity index (χ2v) is 27.0.